The summed E-state index contributed by atoms with van der Waals surface area (Å²) in [6.07, 6.45) is 3.63. The van der Waals surface area contributed by atoms with E-state index in [0.717, 1.165) is 24.9 Å². The number of aromatic amines is 1. The number of aromatic nitrogens is 4. The van der Waals surface area contributed by atoms with Gasteiger partial charge in [-0.3, -0.25) is 4.79 Å². The molecule has 0 aliphatic carbocycles. The fraction of sp³-hybridized carbons (Fsp3) is 0.400. The highest BCUT2D eigenvalue weighted by atomic mass is 35.5. The van der Waals surface area contributed by atoms with Crippen LogP contribution in [0.2, 0.25) is 5.28 Å². The molecular weight excluding hydrogens is 411 g/mol. The molecule has 2 aromatic heterocycles. The van der Waals surface area contributed by atoms with Gasteiger partial charge in [0.05, 0.1) is 0 Å². The number of nitrogens with one attached hydrogen (secondary N) is 3. The number of hydrogen-bond acceptors (Lipinski definition) is 6. The molecule has 0 fully saturated rings. The lowest BCUT2D eigenvalue weighted by Crippen LogP contribution is -2.26. The number of hydrogen-bond donors (Lipinski definition) is 3. The summed E-state index contributed by atoms with van der Waals surface area (Å²) < 4.78 is 18.2. The number of benzene rings is 1. The second kappa shape index (κ2) is 10.7. The smallest absolute Gasteiger partial charge is 0.271 e. The molecule has 10 heteroatoms. The molecule has 0 aliphatic heterocycles. The SMILES string of the molecule is CCCCNc1nc(Cl)[nH]c1C(=O)NCCCc1nc(Cc2ccc(F)cc2)no1. The van der Waals surface area contributed by atoms with Crippen molar-refractivity contribution in [3.8, 4) is 0 Å². The molecule has 2 heterocycles. The van der Waals surface area contributed by atoms with E-state index in [0.29, 0.717) is 49.0 Å². The zero-order chi connectivity index (χ0) is 21.3. The lowest BCUT2D eigenvalue weighted by atomic mass is 10.1. The Hall–Kier alpha value is -2.94. The molecule has 3 rings (SSSR count). The second-order valence-corrected chi connectivity index (χ2v) is 7.16. The minimum absolute atomic E-state index is 0.165. The van der Waals surface area contributed by atoms with Crippen LogP contribution >= 0.6 is 11.6 Å². The Bertz CT molecular complexity index is 957. The standard InChI is InChI=1S/C20H24ClFN6O2/c1-2-3-10-23-18-17(26-20(21)27-18)19(29)24-11-4-5-16-25-15(28-30-16)12-13-6-8-14(22)9-7-13/h6-9,23H,2-5,10-12H2,1H3,(H,24,29)(H,26,27). The van der Waals surface area contributed by atoms with Crippen molar-refractivity contribution in [2.24, 2.45) is 0 Å². The van der Waals surface area contributed by atoms with Crippen molar-refractivity contribution in [3.05, 3.63) is 58.3 Å². The van der Waals surface area contributed by atoms with Gasteiger partial charge in [-0.2, -0.15) is 4.98 Å². The Morgan fingerprint density at radius 3 is 2.77 bits per heavy atom. The number of unbranched alkanes of at least 4 members (excludes halogenated alkanes) is 1. The van der Waals surface area contributed by atoms with Crippen molar-refractivity contribution in [3.63, 3.8) is 0 Å². The van der Waals surface area contributed by atoms with Gasteiger partial charge in [0.1, 0.15) is 11.5 Å². The van der Waals surface area contributed by atoms with Crippen molar-refractivity contribution >= 4 is 23.3 Å². The highest BCUT2D eigenvalue weighted by molar-refractivity contribution is 6.28. The quantitative estimate of drug-likeness (QED) is 0.396. The predicted molar refractivity (Wildman–Crippen MR) is 111 cm³/mol. The first kappa shape index (κ1) is 21.8. The van der Waals surface area contributed by atoms with Gasteiger partial charge >= 0.3 is 0 Å². The first-order valence-electron chi connectivity index (χ1n) is 9.88. The Morgan fingerprint density at radius 2 is 2.00 bits per heavy atom. The summed E-state index contributed by atoms with van der Waals surface area (Å²) in [4.78, 5) is 23.6. The van der Waals surface area contributed by atoms with Gasteiger partial charge in [-0.1, -0.05) is 30.6 Å². The van der Waals surface area contributed by atoms with Crippen LogP contribution in [-0.4, -0.2) is 39.1 Å². The first-order valence-corrected chi connectivity index (χ1v) is 10.3. The van der Waals surface area contributed by atoms with E-state index in [-0.39, 0.29) is 17.0 Å². The molecule has 1 amide bonds. The minimum Gasteiger partial charge on any atom is -0.368 e. The van der Waals surface area contributed by atoms with Crippen molar-refractivity contribution in [2.75, 3.05) is 18.4 Å². The molecule has 0 atom stereocenters. The van der Waals surface area contributed by atoms with Gasteiger partial charge in [0.2, 0.25) is 11.2 Å². The number of anilines is 1. The number of amides is 1. The summed E-state index contributed by atoms with van der Waals surface area (Å²) in [6, 6.07) is 6.18. The van der Waals surface area contributed by atoms with E-state index in [1.54, 1.807) is 12.1 Å². The van der Waals surface area contributed by atoms with E-state index in [4.69, 9.17) is 16.1 Å². The third-order valence-electron chi connectivity index (χ3n) is 4.36. The van der Waals surface area contributed by atoms with E-state index >= 15 is 0 Å². The minimum atomic E-state index is -0.282. The third kappa shape index (κ3) is 6.28. The zero-order valence-electron chi connectivity index (χ0n) is 16.7. The predicted octanol–water partition coefficient (Wildman–Crippen LogP) is 3.75. The Morgan fingerprint density at radius 1 is 1.20 bits per heavy atom. The fourth-order valence-electron chi connectivity index (χ4n) is 2.80. The largest absolute Gasteiger partial charge is 0.368 e. The zero-order valence-corrected chi connectivity index (χ0v) is 17.4. The highest BCUT2D eigenvalue weighted by Gasteiger charge is 2.16. The van der Waals surface area contributed by atoms with Crippen LogP contribution < -0.4 is 10.6 Å². The number of imidazole rings is 1. The summed E-state index contributed by atoms with van der Waals surface area (Å²) in [5, 5.41) is 10.1. The monoisotopic (exact) mass is 434 g/mol. The van der Waals surface area contributed by atoms with Gasteiger partial charge < -0.3 is 20.1 Å². The van der Waals surface area contributed by atoms with E-state index in [1.807, 2.05) is 0 Å². The van der Waals surface area contributed by atoms with Crippen molar-refractivity contribution in [1.29, 1.82) is 0 Å². The molecule has 160 valence electrons. The van der Waals surface area contributed by atoms with Crippen LogP contribution in [0.5, 0.6) is 0 Å². The molecule has 3 aromatic rings. The maximum Gasteiger partial charge on any atom is 0.271 e. The van der Waals surface area contributed by atoms with E-state index in [1.165, 1.54) is 12.1 Å². The Balaban J connectivity index is 1.43. The fourth-order valence-corrected chi connectivity index (χ4v) is 2.98. The van der Waals surface area contributed by atoms with Crippen LogP contribution in [0.3, 0.4) is 0 Å². The third-order valence-corrected chi connectivity index (χ3v) is 4.54. The van der Waals surface area contributed by atoms with Gasteiger partial charge in [0.15, 0.2) is 11.6 Å². The Kier molecular flexibility index (Phi) is 7.78. The van der Waals surface area contributed by atoms with Crippen molar-refractivity contribution in [2.45, 2.75) is 39.0 Å². The maximum atomic E-state index is 13.0. The molecule has 30 heavy (non-hydrogen) atoms. The molecule has 0 bridgehead atoms. The molecule has 0 aliphatic rings. The van der Waals surface area contributed by atoms with Gasteiger partial charge in [0.25, 0.3) is 5.91 Å². The van der Waals surface area contributed by atoms with Gasteiger partial charge in [-0.05, 0) is 42.1 Å². The molecule has 3 N–H and O–H groups in total. The molecular formula is C20H24ClFN6O2. The molecule has 0 spiro atoms. The van der Waals surface area contributed by atoms with E-state index in [2.05, 4.69) is 37.7 Å². The van der Waals surface area contributed by atoms with Crippen molar-refractivity contribution in [1.82, 2.24) is 25.4 Å². The summed E-state index contributed by atoms with van der Waals surface area (Å²) in [5.41, 5.74) is 1.22. The van der Waals surface area contributed by atoms with Crippen LogP contribution in [-0.2, 0) is 12.8 Å². The number of aryl methyl sites for hydroxylation is 1. The molecule has 0 saturated carbocycles. The second-order valence-electron chi connectivity index (χ2n) is 6.80. The lowest BCUT2D eigenvalue weighted by molar-refractivity contribution is 0.0949. The van der Waals surface area contributed by atoms with Crippen molar-refractivity contribution < 1.29 is 13.7 Å². The number of H-pyrrole nitrogens is 1. The van der Waals surface area contributed by atoms with Gasteiger partial charge in [-0.25, -0.2) is 9.37 Å². The lowest BCUT2D eigenvalue weighted by Gasteiger charge is -2.06. The number of nitrogens with zero attached hydrogens (tertiary/aromatic N) is 3. The topological polar surface area (TPSA) is 109 Å². The van der Waals surface area contributed by atoms with Crippen LogP contribution in [0, 0.1) is 5.82 Å². The number of halogens is 2. The summed E-state index contributed by atoms with van der Waals surface area (Å²) >= 11 is 5.90. The van der Waals surface area contributed by atoms with Crippen LogP contribution in [0.1, 0.15) is 54.0 Å². The summed E-state index contributed by atoms with van der Waals surface area (Å²) in [6.45, 7) is 3.23. The van der Waals surface area contributed by atoms with E-state index < -0.39 is 0 Å². The van der Waals surface area contributed by atoms with Gasteiger partial charge in [0, 0.05) is 25.9 Å². The van der Waals surface area contributed by atoms with E-state index in [9.17, 15) is 9.18 Å². The molecule has 0 saturated heterocycles. The summed E-state index contributed by atoms with van der Waals surface area (Å²) in [5.74, 6) is 0.920. The van der Waals surface area contributed by atoms with Gasteiger partial charge in [-0.15, -0.1) is 0 Å². The highest BCUT2D eigenvalue weighted by Crippen LogP contribution is 2.16. The average molecular weight is 435 g/mol. The number of carbonyl (C=O) groups excluding carboxylic acids is 1. The first-order chi connectivity index (χ1) is 14.5. The molecule has 0 unspecified atom stereocenters. The summed E-state index contributed by atoms with van der Waals surface area (Å²) in [7, 11) is 0. The molecule has 8 nitrogen and oxygen atoms in total. The maximum absolute atomic E-state index is 13.0. The molecule has 0 radical (unpaired) electrons. The number of carbonyl (C=O) groups is 1. The average Bonchev–Trinajstić information content (AvgIpc) is 3.33. The van der Waals surface area contributed by atoms with Crippen LogP contribution in [0.4, 0.5) is 10.2 Å². The molecule has 1 aromatic carbocycles. The number of rotatable bonds is 11. The van der Waals surface area contributed by atoms with Crippen LogP contribution in [0.15, 0.2) is 28.8 Å². The normalized spacial score (nSPS) is 10.9. The Labute approximate surface area is 178 Å². The van der Waals surface area contributed by atoms with Crippen LogP contribution in [0.25, 0.3) is 0 Å².